The maximum Gasteiger partial charge on any atom is 0.318 e. The maximum atomic E-state index is 12.6. The molecule has 0 aliphatic rings. The Morgan fingerprint density at radius 2 is 1.88 bits per heavy atom. The zero-order valence-corrected chi connectivity index (χ0v) is 16.1. The van der Waals surface area contributed by atoms with Gasteiger partial charge in [-0.25, -0.2) is 4.79 Å². The lowest BCUT2D eigenvalue weighted by molar-refractivity contribution is -0.114. The Kier molecular flexibility index (Phi) is 6.20. The molecule has 0 bridgehead atoms. The van der Waals surface area contributed by atoms with Crippen LogP contribution < -0.4 is 10.6 Å². The van der Waals surface area contributed by atoms with Crippen molar-refractivity contribution >= 4 is 29.0 Å². The maximum absolute atomic E-state index is 12.6. The molecule has 1 aromatic heterocycles. The molecular formula is C19H25N3O2S. The molecule has 6 heteroatoms. The van der Waals surface area contributed by atoms with E-state index in [1.54, 1.807) is 23.3 Å². The molecule has 0 fully saturated rings. The van der Waals surface area contributed by atoms with Crippen LogP contribution in [0.15, 0.2) is 36.4 Å². The summed E-state index contributed by atoms with van der Waals surface area (Å²) in [5, 5.41) is 5.77. The quantitative estimate of drug-likeness (QED) is 0.827. The minimum atomic E-state index is -0.166. The van der Waals surface area contributed by atoms with Crippen LogP contribution in [-0.2, 0) is 4.79 Å². The van der Waals surface area contributed by atoms with Crippen LogP contribution in [0.2, 0.25) is 0 Å². The highest BCUT2D eigenvalue weighted by Crippen LogP contribution is 2.26. The van der Waals surface area contributed by atoms with Crippen LogP contribution in [0.25, 0.3) is 0 Å². The summed E-state index contributed by atoms with van der Waals surface area (Å²) in [5.74, 6) is -0.117. The van der Waals surface area contributed by atoms with E-state index in [4.69, 9.17) is 0 Å². The molecule has 1 heterocycles. The number of anilines is 1. The molecule has 0 saturated heterocycles. The molecule has 134 valence electrons. The Morgan fingerprint density at radius 3 is 2.48 bits per heavy atom. The first-order valence-corrected chi connectivity index (χ1v) is 9.06. The zero-order chi connectivity index (χ0) is 18.6. The molecule has 2 aromatic rings. The number of nitrogens with zero attached hydrogens (tertiary/aromatic N) is 1. The van der Waals surface area contributed by atoms with Gasteiger partial charge in [0.15, 0.2) is 0 Å². The molecule has 5 nitrogen and oxygen atoms in total. The molecular weight excluding hydrogens is 334 g/mol. The first-order valence-electron chi connectivity index (χ1n) is 8.25. The van der Waals surface area contributed by atoms with Crippen molar-refractivity contribution in [2.45, 2.75) is 39.8 Å². The highest BCUT2D eigenvalue weighted by Gasteiger charge is 2.20. The SMILES string of the molecule is CC(=O)Nc1cccc([C@H](C)NC(=O)N(C)[C@H](C)c2ccc(C)s2)c1. The number of benzene rings is 1. The number of nitrogens with one attached hydrogen (secondary N) is 2. The van der Waals surface area contributed by atoms with E-state index in [0.717, 1.165) is 16.1 Å². The molecule has 1 aromatic carbocycles. The van der Waals surface area contributed by atoms with Crippen molar-refractivity contribution in [3.05, 3.63) is 51.7 Å². The van der Waals surface area contributed by atoms with E-state index in [9.17, 15) is 9.59 Å². The van der Waals surface area contributed by atoms with Crippen LogP contribution in [0.1, 0.15) is 48.2 Å². The predicted octanol–water partition coefficient (Wildman–Crippen LogP) is 4.48. The van der Waals surface area contributed by atoms with Gasteiger partial charge in [-0.3, -0.25) is 4.79 Å². The third kappa shape index (κ3) is 5.06. The first kappa shape index (κ1) is 19.0. The van der Waals surface area contributed by atoms with E-state index >= 15 is 0 Å². The standard InChI is InChI=1S/C19H25N3O2S/c1-12-9-10-18(25-12)14(3)22(5)19(24)20-13(2)16-7-6-8-17(11-16)21-15(4)23/h6-11,13-14H,1-5H3,(H,20,24)(H,21,23)/t13-,14+/m0/s1. The van der Waals surface area contributed by atoms with Gasteiger partial charge in [0.25, 0.3) is 0 Å². The second-order valence-electron chi connectivity index (χ2n) is 6.21. The van der Waals surface area contributed by atoms with E-state index in [1.807, 2.05) is 38.1 Å². The number of hydrogen-bond acceptors (Lipinski definition) is 3. The molecule has 0 radical (unpaired) electrons. The molecule has 0 saturated carbocycles. The van der Waals surface area contributed by atoms with Crippen molar-refractivity contribution in [2.75, 3.05) is 12.4 Å². The van der Waals surface area contributed by atoms with Crippen molar-refractivity contribution in [1.82, 2.24) is 10.2 Å². The fourth-order valence-electron chi connectivity index (χ4n) is 2.50. The Bertz CT molecular complexity index is 757. The van der Waals surface area contributed by atoms with Gasteiger partial charge in [-0.2, -0.15) is 0 Å². The van der Waals surface area contributed by atoms with E-state index < -0.39 is 0 Å². The van der Waals surface area contributed by atoms with Gasteiger partial charge in [-0.1, -0.05) is 12.1 Å². The zero-order valence-electron chi connectivity index (χ0n) is 15.3. The van der Waals surface area contributed by atoms with Crippen LogP contribution in [-0.4, -0.2) is 23.9 Å². The number of amides is 3. The molecule has 0 aliphatic carbocycles. The number of carbonyl (C=O) groups is 2. The third-order valence-electron chi connectivity index (χ3n) is 4.12. The third-order valence-corrected chi connectivity index (χ3v) is 5.29. The van der Waals surface area contributed by atoms with Crippen LogP contribution in [0.5, 0.6) is 0 Å². The molecule has 0 spiro atoms. The fraction of sp³-hybridized carbons (Fsp3) is 0.368. The van der Waals surface area contributed by atoms with E-state index in [2.05, 4.69) is 29.7 Å². The van der Waals surface area contributed by atoms with Crippen LogP contribution >= 0.6 is 11.3 Å². The Morgan fingerprint density at radius 1 is 1.16 bits per heavy atom. The minimum Gasteiger partial charge on any atom is -0.331 e. The fourth-order valence-corrected chi connectivity index (χ4v) is 3.48. The summed E-state index contributed by atoms with van der Waals surface area (Å²) in [6.07, 6.45) is 0. The summed E-state index contributed by atoms with van der Waals surface area (Å²) in [5.41, 5.74) is 1.66. The minimum absolute atomic E-state index is 0.0108. The monoisotopic (exact) mass is 359 g/mol. The van der Waals surface area contributed by atoms with Gasteiger partial charge in [0.2, 0.25) is 5.91 Å². The van der Waals surface area contributed by atoms with Crippen LogP contribution in [0.4, 0.5) is 10.5 Å². The van der Waals surface area contributed by atoms with Crippen molar-refractivity contribution in [3.63, 3.8) is 0 Å². The Balaban J connectivity index is 2.02. The van der Waals surface area contributed by atoms with Gasteiger partial charge in [-0.05, 0) is 50.6 Å². The highest BCUT2D eigenvalue weighted by molar-refractivity contribution is 7.12. The van der Waals surface area contributed by atoms with Crippen molar-refractivity contribution in [1.29, 1.82) is 0 Å². The largest absolute Gasteiger partial charge is 0.331 e. The summed E-state index contributed by atoms with van der Waals surface area (Å²) >= 11 is 1.70. The normalized spacial score (nSPS) is 13.0. The van der Waals surface area contributed by atoms with E-state index in [0.29, 0.717) is 0 Å². The number of thiophene rings is 1. The number of rotatable bonds is 5. The topological polar surface area (TPSA) is 61.4 Å². The lowest BCUT2D eigenvalue weighted by atomic mass is 10.1. The molecule has 3 amide bonds. The Labute approximate surface area is 153 Å². The molecule has 0 unspecified atom stereocenters. The summed E-state index contributed by atoms with van der Waals surface area (Å²) in [6, 6.07) is 11.3. The molecule has 2 rings (SSSR count). The van der Waals surface area contributed by atoms with Gasteiger partial charge < -0.3 is 15.5 Å². The summed E-state index contributed by atoms with van der Waals surface area (Å²) in [6.45, 7) is 7.48. The predicted molar refractivity (Wildman–Crippen MR) is 103 cm³/mol. The lowest BCUT2D eigenvalue weighted by Gasteiger charge is -2.26. The summed E-state index contributed by atoms with van der Waals surface area (Å²) < 4.78 is 0. The average molecular weight is 359 g/mol. The number of aryl methyl sites for hydroxylation is 1. The number of hydrogen-bond donors (Lipinski definition) is 2. The second-order valence-corrected chi connectivity index (χ2v) is 7.53. The van der Waals surface area contributed by atoms with E-state index in [1.165, 1.54) is 11.8 Å². The molecule has 25 heavy (non-hydrogen) atoms. The summed E-state index contributed by atoms with van der Waals surface area (Å²) in [4.78, 5) is 27.9. The molecule has 2 N–H and O–H groups in total. The van der Waals surface area contributed by atoms with Gasteiger partial charge in [-0.15, -0.1) is 11.3 Å². The first-order chi connectivity index (χ1) is 11.8. The smallest absolute Gasteiger partial charge is 0.318 e. The van der Waals surface area contributed by atoms with Crippen molar-refractivity contribution in [2.24, 2.45) is 0 Å². The van der Waals surface area contributed by atoms with Gasteiger partial charge in [0, 0.05) is 29.4 Å². The van der Waals surface area contributed by atoms with Crippen LogP contribution in [0, 0.1) is 6.92 Å². The number of carbonyl (C=O) groups excluding carboxylic acids is 2. The number of urea groups is 1. The summed E-state index contributed by atoms with van der Waals surface area (Å²) in [7, 11) is 1.80. The molecule has 0 aliphatic heterocycles. The average Bonchev–Trinajstić information content (AvgIpc) is 2.99. The van der Waals surface area contributed by atoms with Crippen LogP contribution in [0.3, 0.4) is 0 Å². The molecule has 2 atom stereocenters. The van der Waals surface area contributed by atoms with Gasteiger partial charge in [0.05, 0.1) is 12.1 Å². The van der Waals surface area contributed by atoms with Gasteiger partial charge in [0.1, 0.15) is 0 Å². The van der Waals surface area contributed by atoms with Crippen molar-refractivity contribution in [3.8, 4) is 0 Å². The lowest BCUT2D eigenvalue weighted by Crippen LogP contribution is -2.39. The highest BCUT2D eigenvalue weighted by atomic mass is 32.1. The van der Waals surface area contributed by atoms with E-state index in [-0.39, 0.29) is 24.0 Å². The second kappa shape index (κ2) is 8.16. The Hall–Kier alpha value is -2.34. The van der Waals surface area contributed by atoms with Crippen molar-refractivity contribution < 1.29 is 9.59 Å². The van der Waals surface area contributed by atoms with Gasteiger partial charge >= 0.3 is 6.03 Å².